The van der Waals surface area contributed by atoms with Crippen molar-refractivity contribution in [2.24, 2.45) is 5.92 Å². The number of aromatic nitrogens is 2. The summed E-state index contributed by atoms with van der Waals surface area (Å²) in [5, 5.41) is 6.51. The zero-order chi connectivity index (χ0) is 13.4. The van der Waals surface area contributed by atoms with Gasteiger partial charge in [-0.25, -0.2) is 4.98 Å². The molecule has 0 bridgehead atoms. The van der Waals surface area contributed by atoms with Gasteiger partial charge in [0, 0.05) is 24.8 Å². The van der Waals surface area contributed by atoms with Gasteiger partial charge in [0.1, 0.15) is 5.82 Å². The Balaban J connectivity index is 2.37. The maximum Gasteiger partial charge on any atom is 0.224 e. The molecule has 0 aliphatic rings. The normalized spacial score (nSPS) is 10.7. The van der Waals surface area contributed by atoms with E-state index in [4.69, 9.17) is 0 Å². The Morgan fingerprint density at radius 1 is 1.17 bits per heavy atom. The first-order valence-corrected chi connectivity index (χ1v) is 6.95. The van der Waals surface area contributed by atoms with Crippen LogP contribution in [0.25, 0.3) is 0 Å². The standard InChI is InChI=1S/C14H26N4/c1-5-15-14-17-12(4)10-13(18-14)16-9-7-6-8-11(2)3/h10-11H,5-9H2,1-4H3,(H2,15,16,17,18). The van der Waals surface area contributed by atoms with E-state index >= 15 is 0 Å². The predicted molar refractivity (Wildman–Crippen MR) is 78.1 cm³/mol. The number of hydrogen-bond donors (Lipinski definition) is 2. The zero-order valence-corrected chi connectivity index (χ0v) is 12.1. The lowest BCUT2D eigenvalue weighted by Gasteiger charge is -2.09. The minimum absolute atomic E-state index is 0.710. The molecule has 1 rings (SSSR count). The molecule has 0 amide bonds. The maximum atomic E-state index is 4.42. The van der Waals surface area contributed by atoms with Gasteiger partial charge < -0.3 is 10.6 Å². The van der Waals surface area contributed by atoms with Crippen molar-refractivity contribution >= 4 is 11.8 Å². The van der Waals surface area contributed by atoms with Crippen molar-refractivity contribution in [3.8, 4) is 0 Å². The number of hydrogen-bond acceptors (Lipinski definition) is 4. The highest BCUT2D eigenvalue weighted by molar-refractivity contribution is 5.41. The summed E-state index contributed by atoms with van der Waals surface area (Å²) in [6.45, 7) is 10.4. The lowest BCUT2D eigenvalue weighted by molar-refractivity contribution is 0.544. The summed E-state index contributed by atoms with van der Waals surface area (Å²) in [6.07, 6.45) is 3.76. The van der Waals surface area contributed by atoms with Crippen LogP contribution in [0.2, 0.25) is 0 Å². The van der Waals surface area contributed by atoms with Gasteiger partial charge in [-0.05, 0) is 26.2 Å². The second kappa shape index (κ2) is 7.90. The summed E-state index contributed by atoms with van der Waals surface area (Å²) < 4.78 is 0. The summed E-state index contributed by atoms with van der Waals surface area (Å²) in [5.74, 6) is 2.43. The molecule has 0 fully saturated rings. The van der Waals surface area contributed by atoms with Crippen LogP contribution in [0.5, 0.6) is 0 Å². The van der Waals surface area contributed by atoms with Crippen molar-refractivity contribution in [3.63, 3.8) is 0 Å². The molecule has 1 heterocycles. The Kier molecular flexibility index (Phi) is 6.47. The van der Waals surface area contributed by atoms with Crippen LogP contribution in [-0.4, -0.2) is 23.1 Å². The Bertz CT molecular complexity index is 350. The van der Waals surface area contributed by atoms with E-state index in [9.17, 15) is 0 Å². The fraction of sp³-hybridized carbons (Fsp3) is 0.714. The van der Waals surface area contributed by atoms with Gasteiger partial charge >= 0.3 is 0 Å². The monoisotopic (exact) mass is 250 g/mol. The average Bonchev–Trinajstić information content (AvgIpc) is 2.28. The molecule has 0 saturated carbocycles. The Labute approximate surface area is 111 Å². The highest BCUT2D eigenvalue weighted by Gasteiger charge is 2.01. The summed E-state index contributed by atoms with van der Waals surface area (Å²) in [7, 11) is 0. The number of rotatable bonds is 8. The Hall–Kier alpha value is -1.32. The van der Waals surface area contributed by atoms with Crippen molar-refractivity contribution in [2.45, 2.75) is 47.0 Å². The topological polar surface area (TPSA) is 49.8 Å². The van der Waals surface area contributed by atoms with E-state index in [1.807, 2.05) is 19.9 Å². The number of unbranched alkanes of at least 4 members (excludes halogenated alkanes) is 1. The summed E-state index contributed by atoms with van der Waals surface area (Å²) >= 11 is 0. The van der Waals surface area contributed by atoms with Crippen LogP contribution in [0.4, 0.5) is 11.8 Å². The van der Waals surface area contributed by atoms with Gasteiger partial charge in [-0.3, -0.25) is 0 Å². The summed E-state index contributed by atoms with van der Waals surface area (Å²) in [4.78, 5) is 8.75. The summed E-state index contributed by atoms with van der Waals surface area (Å²) in [5.41, 5.74) is 0.991. The molecular formula is C14H26N4. The molecule has 1 aromatic rings. The third-order valence-electron chi connectivity index (χ3n) is 2.70. The molecule has 0 aliphatic carbocycles. The fourth-order valence-electron chi connectivity index (χ4n) is 1.79. The molecular weight excluding hydrogens is 224 g/mol. The van der Waals surface area contributed by atoms with E-state index in [1.165, 1.54) is 19.3 Å². The first kappa shape index (κ1) is 14.7. The lowest BCUT2D eigenvalue weighted by atomic mass is 10.1. The van der Waals surface area contributed by atoms with E-state index in [1.54, 1.807) is 0 Å². The largest absolute Gasteiger partial charge is 0.370 e. The number of nitrogens with one attached hydrogen (secondary N) is 2. The number of nitrogens with zero attached hydrogens (tertiary/aromatic N) is 2. The second-order valence-electron chi connectivity index (χ2n) is 5.06. The van der Waals surface area contributed by atoms with Crippen LogP contribution in [0.15, 0.2) is 6.07 Å². The van der Waals surface area contributed by atoms with E-state index in [0.29, 0.717) is 5.95 Å². The number of anilines is 2. The first-order valence-electron chi connectivity index (χ1n) is 6.95. The Morgan fingerprint density at radius 3 is 2.61 bits per heavy atom. The van der Waals surface area contributed by atoms with Crippen molar-refractivity contribution in [1.82, 2.24) is 9.97 Å². The molecule has 0 aromatic carbocycles. The van der Waals surface area contributed by atoms with Crippen molar-refractivity contribution < 1.29 is 0 Å². The van der Waals surface area contributed by atoms with Gasteiger partial charge in [0.15, 0.2) is 0 Å². The highest BCUT2D eigenvalue weighted by Crippen LogP contribution is 2.10. The van der Waals surface area contributed by atoms with E-state index in [2.05, 4.69) is 34.4 Å². The van der Waals surface area contributed by atoms with Crippen molar-refractivity contribution in [2.75, 3.05) is 23.7 Å². The minimum atomic E-state index is 0.710. The first-order chi connectivity index (χ1) is 8.61. The van der Waals surface area contributed by atoms with Gasteiger partial charge in [-0.15, -0.1) is 0 Å². The van der Waals surface area contributed by atoms with Gasteiger partial charge in [0.2, 0.25) is 5.95 Å². The van der Waals surface area contributed by atoms with Gasteiger partial charge in [0.05, 0.1) is 0 Å². The third kappa shape index (κ3) is 5.84. The quantitative estimate of drug-likeness (QED) is 0.694. The van der Waals surface area contributed by atoms with E-state index < -0.39 is 0 Å². The fourth-order valence-corrected chi connectivity index (χ4v) is 1.79. The minimum Gasteiger partial charge on any atom is -0.370 e. The van der Waals surface area contributed by atoms with Crippen LogP contribution < -0.4 is 10.6 Å². The maximum absolute atomic E-state index is 4.42. The Morgan fingerprint density at radius 2 is 1.94 bits per heavy atom. The molecule has 2 N–H and O–H groups in total. The molecule has 4 heteroatoms. The van der Waals surface area contributed by atoms with Gasteiger partial charge in [-0.1, -0.05) is 26.7 Å². The number of aryl methyl sites for hydroxylation is 1. The molecule has 0 saturated heterocycles. The van der Waals surface area contributed by atoms with Crippen LogP contribution in [-0.2, 0) is 0 Å². The summed E-state index contributed by atoms with van der Waals surface area (Å²) in [6, 6.07) is 1.99. The van der Waals surface area contributed by atoms with Crippen molar-refractivity contribution in [1.29, 1.82) is 0 Å². The van der Waals surface area contributed by atoms with E-state index in [-0.39, 0.29) is 0 Å². The lowest BCUT2D eigenvalue weighted by Crippen LogP contribution is -2.08. The zero-order valence-electron chi connectivity index (χ0n) is 12.1. The van der Waals surface area contributed by atoms with Crippen LogP contribution in [0.3, 0.4) is 0 Å². The smallest absolute Gasteiger partial charge is 0.224 e. The van der Waals surface area contributed by atoms with Crippen molar-refractivity contribution in [3.05, 3.63) is 11.8 Å². The average molecular weight is 250 g/mol. The highest BCUT2D eigenvalue weighted by atomic mass is 15.1. The van der Waals surface area contributed by atoms with Crippen LogP contribution in [0.1, 0.15) is 45.7 Å². The molecule has 18 heavy (non-hydrogen) atoms. The molecule has 0 atom stereocenters. The molecule has 4 nitrogen and oxygen atoms in total. The molecule has 102 valence electrons. The third-order valence-corrected chi connectivity index (χ3v) is 2.70. The molecule has 0 aliphatic heterocycles. The second-order valence-corrected chi connectivity index (χ2v) is 5.06. The van der Waals surface area contributed by atoms with Gasteiger partial charge in [0.25, 0.3) is 0 Å². The molecule has 0 unspecified atom stereocenters. The van der Waals surface area contributed by atoms with Crippen LogP contribution >= 0.6 is 0 Å². The van der Waals surface area contributed by atoms with E-state index in [0.717, 1.165) is 30.5 Å². The molecule has 1 aromatic heterocycles. The predicted octanol–water partition coefficient (Wildman–Crippen LogP) is 3.46. The molecule has 0 spiro atoms. The molecule has 0 radical (unpaired) electrons. The van der Waals surface area contributed by atoms with Crippen LogP contribution in [0, 0.1) is 12.8 Å². The SMILES string of the molecule is CCNc1nc(C)cc(NCCCCC(C)C)n1. The van der Waals surface area contributed by atoms with Gasteiger partial charge in [-0.2, -0.15) is 4.98 Å².